The van der Waals surface area contributed by atoms with Crippen LogP contribution in [0.5, 0.6) is 0 Å². The second-order valence-corrected chi connectivity index (χ2v) is 5.66. The number of rotatable bonds is 2. The molecule has 4 rings (SSSR count). The fourth-order valence-corrected chi connectivity index (χ4v) is 3.18. The Morgan fingerprint density at radius 1 is 1.17 bits per heavy atom. The predicted octanol–water partition coefficient (Wildman–Crippen LogP) is 3.73. The van der Waals surface area contributed by atoms with Gasteiger partial charge in [-0.2, -0.15) is 5.26 Å². The molecule has 3 aromatic rings. The highest BCUT2D eigenvalue weighted by Crippen LogP contribution is 2.30. The third kappa shape index (κ3) is 2.36. The first-order chi connectivity index (χ1) is 11.4. The van der Waals surface area contributed by atoms with Gasteiger partial charge in [0.05, 0.1) is 5.56 Å². The molecule has 23 heavy (non-hydrogen) atoms. The molecule has 0 bridgehead atoms. The SMILES string of the molecule is N#Cc1cccnc1N1CC=C(c2c[nH]c3ccccc23)CC1. The van der Waals surface area contributed by atoms with Crippen LogP contribution in [0, 0.1) is 11.3 Å². The molecule has 0 saturated heterocycles. The summed E-state index contributed by atoms with van der Waals surface area (Å²) in [5.41, 5.74) is 4.44. The highest BCUT2D eigenvalue weighted by molar-refractivity contribution is 5.93. The maximum absolute atomic E-state index is 9.23. The van der Waals surface area contributed by atoms with E-state index in [0.29, 0.717) is 5.56 Å². The van der Waals surface area contributed by atoms with Gasteiger partial charge < -0.3 is 9.88 Å². The van der Waals surface area contributed by atoms with Crippen molar-refractivity contribution in [2.24, 2.45) is 0 Å². The third-order valence-electron chi connectivity index (χ3n) is 4.35. The topological polar surface area (TPSA) is 55.7 Å². The van der Waals surface area contributed by atoms with E-state index in [9.17, 15) is 5.26 Å². The molecule has 1 aliphatic rings. The zero-order valence-electron chi connectivity index (χ0n) is 12.7. The van der Waals surface area contributed by atoms with Gasteiger partial charge in [0.2, 0.25) is 0 Å². The van der Waals surface area contributed by atoms with Gasteiger partial charge in [-0.3, -0.25) is 0 Å². The molecule has 4 nitrogen and oxygen atoms in total. The zero-order valence-corrected chi connectivity index (χ0v) is 12.7. The van der Waals surface area contributed by atoms with Crippen molar-refractivity contribution in [2.75, 3.05) is 18.0 Å². The molecule has 0 radical (unpaired) electrons. The van der Waals surface area contributed by atoms with Crippen LogP contribution >= 0.6 is 0 Å². The van der Waals surface area contributed by atoms with Gasteiger partial charge >= 0.3 is 0 Å². The number of H-pyrrole nitrogens is 1. The second-order valence-electron chi connectivity index (χ2n) is 5.66. The summed E-state index contributed by atoms with van der Waals surface area (Å²) in [6.07, 6.45) is 7.03. The Hall–Kier alpha value is -3.06. The van der Waals surface area contributed by atoms with Crippen LogP contribution in [0.1, 0.15) is 17.5 Å². The average Bonchev–Trinajstić information content (AvgIpc) is 3.06. The largest absolute Gasteiger partial charge is 0.361 e. The number of fused-ring (bicyclic) bond motifs is 1. The van der Waals surface area contributed by atoms with E-state index in [2.05, 4.69) is 51.4 Å². The summed E-state index contributed by atoms with van der Waals surface area (Å²) >= 11 is 0. The van der Waals surface area contributed by atoms with Gasteiger partial charge in [-0.1, -0.05) is 24.3 Å². The molecule has 1 N–H and O–H groups in total. The lowest BCUT2D eigenvalue weighted by molar-refractivity contribution is 0.815. The summed E-state index contributed by atoms with van der Waals surface area (Å²) in [5.74, 6) is 0.782. The maximum Gasteiger partial charge on any atom is 0.146 e. The number of hydrogen-bond acceptors (Lipinski definition) is 3. The van der Waals surface area contributed by atoms with E-state index in [-0.39, 0.29) is 0 Å². The van der Waals surface area contributed by atoms with Crippen LogP contribution in [0.3, 0.4) is 0 Å². The van der Waals surface area contributed by atoms with Gasteiger partial charge in [-0.05, 0) is 30.2 Å². The first-order valence-electron chi connectivity index (χ1n) is 7.72. The molecule has 3 heterocycles. The number of anilines is 1. The van der Waals surface area contributed by atoms with Gasteiger partial charge in [0, 0.05) is 41.9 Å². The summed E-state index contributed by atoms with van der Waals surface area (Å²) < 4.78 is 0. The lowest BCUT2D eigenvalue weighted by Crippen LogP contribution is -2.29. The van der Waals surface area contributed by atoms with Crippen molar-refractivity contribution in [3.8, 4) is 6.07 Å². The quantitative estimate of drug-likeness (QED) is 0.784. The molecule has 0 aliphatic carbocycles. The minimum atomic E-state index is 0.636. The second kappa shape index (κ2) is 5.62. The number of para-hydroxylation sites is 1. The lowest BCUT2D eigenvalue weighted by Gasteiger charge is -2.28. The van der Waals surface area contributed by atoms with Crippen molar-refractivity contribution in [1.82, 2.24) is 9.97 Å². The van der Waals surface area contributed by atoms with Crippen LogP contribution in [0.15, 0.2) is 54.9 Å². The molecule has 0 atom stereocenters. The molecule has 0 spiro atoms. The Labute approximate surface area is 134 Å². The third-order valence-corrected chi connectivity index (χ3v) is 4.35. The molecule has 2 aromatic heterocycles. The van der Waals surface area contributed by atoms with Gasteiger partial charge in [-0.15, -0.1) is 0 Å². The van der Waals surface area contributed by atoms with Gasteiger partial charge in [-0.25, -0.2) is 4.98 Å². The Morgan fingerprint density at radius 2 is 2.09 bits per heavy atom. The van der Waals surface area contributed by atoms with Crippen molar-refractivity contribution in [3.63, 3.8) is 0 Å². The molecule has 1 aromatic carbocycles. The monoisotopic (exact) mass is 300 g/mol. The number of aromatic amines is 1. The molecule has 1 aliphatic heterocycles. The Bertz CT molecular complexity index is 930. The fourth-order valence-electron chi connectivity index (χ4n) is 3.18. The molecule has 0 fully saturated rings. The van der Waals surface area contributed by atoms with Crippen molar-refractivity contribution in [2.45, 2.75) is 6.42 Å². The van der Waals surface area contributed by atoms with E-state index < -0.39 is 0 Å². The number of pyridine rings is 1. The number of benzene rings is 1. The van der Waals surface area contributed by atoms with Crippen LogP contribution < -0.4 is 4.90 Å². The van der Waals surface area contributed by atoms with Crippen LogP contribution in [-0.4, -0.2) is 23.1 Å². The van der Waals surface area contributed by atoms with Gasteiger partial charge in [0.15, 0.2) is 0 Å². The van der Waals surface area contributed by atoms with Crippen molar-refractivity contribution < 1.29 is 0 Å². The molecule has 0 amide bonds. The molecule has 112 valence electrons. The maximum atomic E-state index is 9.23. The van der Waals surface area contributed by atoms with Crippen molar-refractivity contribution >= 4 is 22.3 Å². The fraction of sp³-hybridized carbons (Fsp3) is 0.158. The van der Waals surface area contributed by atoms with Crippen LogP contribution in [0.2, 0.25) is 0 Å². The normalized spacial score (nSPS) is 14.6. The van der Waals surface area contributed by atoms with Gasteiger partial charge in [0.1, 0.15) is 11.9 Å². The number of nitrogens with one attached hydrogen (secondary N) is 1. The molecular weight excluding hydrogens is 284 g/mol. The van der Waals surface area contributed by atoms with E-state index in [1.165, 1.54) is 22.0 Å². The number of hydrogen-bond donors (Lipinski definition) is 1. The Kier molecular flexibility index (Phi) is 3.32. The molecule has 0 unspecified atom stereocenters. The highest BCUT2D eigenvalue weighted by atomic mass is 15.2. The van der Waals surface area contributed by atoms with E-state index >= 15 is 0 Å². The molecule has 4 heteroatoms. The van der Waals surface area contributed by atoms with Crippen LogP contribution in [0.25, 0.3) is 16.5 Å². The first kappa shape index (κ1) is 13.6. The lowest BCUT2D eigenvalue weighted by atomic mass is 9.99. The summed E-state index contributed by atoms with van der Waals surface area (Å²) in [7, 11) is 0. The van der Waals surface area contributed by atoms with Crippen LogP contribution in [-0.2, 0) is 0 Å². The number of nitrogens with zero attached hydrogens (tertiary/aromatic N) is 3. The Balaban J connectivity index is 1.64. The summed E-state index contributed by atoms with van der Waals surface area (Å²) in [6, 6.07) is 14.2. The summed E-state index contributed by atoms with van der Waals surface area (Å²) in [5, 5.41) is 10.5. The van der Waals surface area contributed by atoms with E-state index in [1.54, 1.807) is 12.3 Å². The van der Waals surface area contributed by atoms with Crippen LogP contribution in [0.4, 0.5) is 5.82 Å². The Morgan fingerprint density at radius 3 is 2.91 bits per heavy atom. The highest BCUT2D eigenvalue weighted by Gasteiger charge is 2.18. The average molecular weight is 300 g/mol. The summed E-state index contributed by atoms with van der Waals surface area (Å²) in [6.45, 7) is 1.65. The standard InChI is InChI=1S/C19H16N4/c20-12-15-4-3-9-21-19(15)23-10-7-14(8-11-23)17-13-22-18-6-2-1-5-16(17)18/h1-7,9,13,22H,8,10-11H2. The van der Waals surface area contributed by atoms with Crippen molar-refractivity contribution in [3.05, 3.63) is 66.0 Å². The minimum Gasteiger partial charge on any atom is -0.361 e. The smallest absolute Gasteiger partial charge is 0.146 e. The van der Waals surface area contributed by atoms with E-state index in [1.807, 2.05) is 12.1 Å². The zero-order chi connectivity index (χ0) is 15.6. The summed E-state index contributed by atoms with van der Waals surface area (Å²) in [4.78, 5) is 9.88. The van der Waals surface area contributed by atoms with Gasteiger partial charge in [0.25, 0.3) is 0 Å². The van der Waals surface area contributed by atoms with E-state index in [0.717, 1.165) is 25.3 Å². The van der Waals surface area contributed by atoms with E-state index in [4.69, 9.17) is 0 Å². The molecule has 0 saturated carbocycles. The first-order valence-corrected chi connectivity index (χ1v) is 7.72. The minimum absolute atomic E-state index is 0.636. The number of nitriles is 1. The predicted molar refractivity (Wildman–Crippen MR) is 92.1 cm³/mol. The number of aromatic nitrogens is 2. The molecular formula is C19H16N4. The van der Waals surface area contributed by atoms with Crippen molar-refractivity contribution in [1.29, 1.82) is 5.26 Å².